The molecule has 21 heavy (non-hydrogen) atoms. The van der Waals surface area contributed by atoms with Crippen molar-refractivity contribution in [2.75, 3.05) is 12.4 Å². The number of halogens is 1. The Balaban J connectivity index is 2.03. The van der Waals surface area contributed by atoms with Crippen LogP contribution in [-0.4, -0.2) is 16.9 Å². The molecule has 0 saturated carbocycles. The van der Waals surface area contributed by atoms with E-state index < -0.39 is 0 Å². The molecule has 0 saturated heterocycles. The van der Waals surface area contributed by atoms with E-state index in [1.54, 1.807) is 7.11 Å². The molecule has 0 spiro atoms. The van der Waals surface area contributed by atoms with Crippen LogP contribution in [0.3, 0.4) is 0 Å². The summed E-state index contributed by atoms with van der Waals surface area (Å²) in [5.74, 6) is 0.813. The largest absolute Gasteiger partial charge is 0.380 e. The van der Waals surface area contributed by atoms with Crippen LogP contribution >= 0.6 is 11.6 Å². The summed E-state index contributed by atoms with van der Waals surface area (Å²) in [5.41, 5.74) is 3.10. The fraction of sp³-hybridized carbons (Fsp3) is 0.188. The first-order valence-corrected chi connectivity index (χ1v) is 7.02. The summed E-state index contributed by atoms with van der Waals surface area (Å²) in [6.07, 6.45) is 0. The molecule has 0 aliphatic heterocycles. The Hall–Kier alpha value is -2.04. The van der Waals surface area contributed by atoms with E-state index >= 15 is 0 Å². The molecule has 5 heteroatoms. The number of benzene rings is 2. The summed E-state index contributed by atoms with van der Waals surface area (Å²) in [6, 6.07) is 13.8. The lowest BCUT2D eigenvalue weighted by molar-refractivity contribution is 0.185. The Labute approximate surface area is 128 Å². The van der Waals surface area contributed by atoms with Crippen molar-refractivity contribution in [2.45, 2.75) is 6.61 Å². The molecular weight excluding hydrogens is 286 g/mol. The number of aryl methyl sites for hydroxylation is 1. The van der Waals surface area contributed by atoms with Gasteiger partial charge in [-0.3, -0.25) is 4.68 Å². The summed E-state index contributed by atoms with van der Waals surface area (Å²) in [4.78, 5) is 0. The van der Waals surface area contributed by atoms with Crippen LogP contribution in [0.15, 0.2) is 42.5 Å². The molecule has 0 unspecified atom stereocenters. The minimum Gasteiger partial charge on any atom is -0.380 e. The summed E-state index contributed by atoms with van der Waals surface area (Å²) in [6.45, 7) is 0.585. The highest BCUT2D eigenvalue weighted by Crippen LogP contribution is 2.27. The van der Waals surface area contributed by atoms with Gasteiger partial charge in [0.1, 0.15) is 0 Å². The monoisotopic (exact) mass is 301 g/mol. The fourth-order valence-electron chi connectivity index (χ4n) is 2.36. The Kier molecular flexibility index (Phi) is 3.82. The first kappa shape index (κ1) is 13.9. The van der Waals surface area contributed by atoms with E-state index in [1.807, 2.05) is 36.0 Å². The molecule has 0 fully saturated rings. The molecule has 3 aromatic rings. The SMILES string of the molecule is COCc1ccc2c(c1)c(Nc1cccc(Cl)c1)nn2C. The highest BCUT2D eigenvalue weighted by molar-refractivity contribution is 6.30. The maximum absolute atomic E-state index is 6.02. The van der Waals surface area contributed by atoms with Gasteiger partial charge in [-0.1, -0.05) is 23.7 Å². The van der Waals surface area contributed by atoms with Gasteiger partial charge >= 0.3 is 0 Å². The Morgan fingerprint density at radius 1 is 1.24 bits per heavy atom. The zero-order chi connectivity index (χ0) is 14.8. The third-order valence-electron chi connectivity index (χ3n) is 3.31. The quantitative estimate of drug-likeness (QED) is 0.788. The number of hydrogen-bond acceptors (Lipinski definition) is 3. The zero-order valence-electron chi connectivity index (χ0n) is 11.9. The summed E-state index contributed by atoms with van der Waals surface area (Å²) < 4.78 is 7.05. The smallest absolute Gasteiger partial charge is 0.160 e. The highest BCUT2D eigenvalue weighted by atomic mass is 35.5. The van der Waals surface area contributed by atoms with Gasteiger partial charge in [0.15, 0.2) is 5.82 Å². The number of nitrogens with zero attached hydrogens (tertiary/aromatic N) is 2. The van der Waals surface area contributed by atoms with Crippen molar-refractivity contribution < 1.29 is 4.74 Å². The topological polar surface area (TPSA) is 39.1 Å². The molecule has 2 aromatic carbocycles. The van der Waals surface area contributed by atoms with E-state index in [0.29, 0.717) is 11.6 Å². The minimum atomic E-state index is 0.585. The normalized spacial score (nSPS) is 11.0. The molecule has 0 atom stereocenters. The van der Waals surface area contributed by atoms with Crippen LogP contribution in [0.5, 0.6) is 0 Å². The van der Waals surface area contributed by atoms with Gasteiger partial charge in [0.25, 0.3) is 0 Å². The van der Waals surface area contributed by atoms with E-state index in [2.05, 4.69) is 28.6 Å². The van der Waals surface area contributed by atoms with Gasteiger partial charge < -0.3 is 10.1 Å². The van der Waals surface area contributed by atoms with E-state index in [4.69, 9.17) is 16.3 Å². The molecule has 0 aliphatic rings. The minimum absolute atomic E-state index is 0.585. The molecule has 0 amide bonds. The fourth-order valence-corrected chi connectivity index (χ4v) is 2.55. The average Bonchev–Trinajstić information content (AvgIpc) is 2.76. The lowest BCUT2D eigenvalue weighted by Gasteiger charge is -2.05. The molecule has 0 aliphatic carbocycles. The Morgan fingerprint density at radius 2 is 2.10 bits per heavy atom. The van der Waals surface area contributed by atoms with Gasteiger partial charge in [-0.25, -0.2) is 0 Å². The molecule has 1 heterocycles. The number of methoxy groups -OCH3 is 1. The predicted octanol–water partition coefficient (Wildman–Crippen LogP) is 4.12. The third kappa shape index (κ3) is 2.86. The van der Waals surface area contributed by atoms with Crippen LogP contribution in [0, 0.1) is 0 Å². The van der Waals surface area contributed by atoms with Crippen molar-refractivity contribution in [1.82, 2.24) is 9.78 Å². The number of aromatic nitrogens is 2. The maximum Gasteiger partial charge on any atom is 0.160 e. The van der Waals surface area contributed by atoms with Gasteiger partial charge in [-0.15, -0.1) is 0 Å². The van der Waals surface area contributed by atoms with Crippen LogP contribution in [0.1, 0.15) is 5.56 Å². The number of anilines is 2. The number of hydrogen-bond donors (Lipinski definition) is 1. The summed E-state index contributed by atoms with van der Waals surface area (Å²) in [7, 11) is 3.63. The molecular formula is C16H16ClN3O. The van der Waals surface area contributed by atoms with Gasteiger partial charge in [0.2, 0.25) is 0 Å². The zero-order valence-corrected chi connectivity index (χ0v) is 12.7. The van der Waals surface area contributed by atoms with Crippen LogP contribution in [0.2, 0.25) is 5.02 Å². The van der Waals surface area contributed by atoms with E-state index in [-0.39, 0.29) is 0 Å². The van der Waals surface area contributed by atoms with E-state index in [9.17, 15) is 0 Å². The number of ether oxygens (including phenoxy) is 1. The number of rotatable bonds is 4. The molecule has 108 valence electrons. The lowest BCUT2D eigenvalue weighted by Crippen LogP contribution is -1.93. The molecule has 0 radical (unpaired) electrons. The van der Waals surface area contributed by atoms with Crippen molar-refractivity contribution >= 4 is 34.0 Å². The molecule has 1 N–H and O–H groups in total. The Morgan fingerprint density at radius 3 is 2.86 bits per heavy atom. The lowest BCUT2D eigenvalue weighted by atomic mass is 10.1. The third-order valence-corrected chi connectivity index (χ3v) is 3.55. The first-order valence-electron chi connectivity index (χ1n) is 6.64. The average molecular weight is 302 g/mol. The predicted molar refractivity (Wildman–Crippen MR) is 86.2 cm³/mol. The van der Waals surface area contributed by atoms with Gasteiger partial charge in [-0.2, -0.15) is 5.10 Å². The van der Waals surface area contributed by atoms with Gasteiger partial charge in [-0.05, 0) is 35.9 Å². The number of nitrogens with one attached hydrogen (secondary N) is 1. The van der Waals surface area contributed by atoms with Crippen molar-refractivity contribution in [1.29, 1.82) is 0 Å². The second-order valence-corrected chi connectivity index (χ2v) is 5.33. The van der Waals surface area contributed by atoms with Crippen molar-refractivity contribution in [3.8, 4) is 0 Å². The highest BCUT2D eigenvalue weighted by Gasteiger charge is 2.09. The van der Waals surface area contributed by atoms with Crippen LogP contribution in [-0.2, 0) is 18.4 Å². The summed E-state index contributed by atoms with van der Waals surface area (Å²) in [5, 5.41) is 9.62. The van der Waals surface area contributed by atoms with Crippen LogP contribution < -0.4 is 5.32 Å². The van der Waals surface area contributed by atoms with Gasteiger partial charge in [0, 0.05) is 30.3 Å². The second-order valence-electron chi connectivity index (χ2n) is 4.89. The maximum atomic E-state index is 6.02. The number of fused-ring (bicyclic) bond motifs is 1. The molecule has 0 bridgehead atoms. The van der Waals surface area contributed by atoms with Crippen LogP contribution in [0.25, 0.3) is 10.9 Å². The molecule has 1 aromatic heterocycles. The first-order chi connectivity index (χ1) is 10.2. The van der Waals surface area contributed by atoms with Crippen molar-refractivity contribution in [3.05, 3.63) is 53.1 Å². The standard InChI is InChI=1S/C16H16ClN3O/c1-20-15-7-6-11(10-21-2)8-14(15)16(19-20)18-13-5-3-4-12(17)9-13/h3-9H,10H2,1-2H3,(H,18,19). The molecule has 3 rings (SSSR count). The Bertz CT molecular complexity index is 782. The summed E-state index contributed by atoms with van der Waals surface area (Å²) >= 11 is 6.02. The van der Waals surface area contributed by atoms with E-state index in [1.165, 1.54) is 0 Å². The van der Waals surface area contributed by atoms with Crippen LogP contribution in [0.4, 0.5) is 11.5 Å². The molecule has 4 nitrogen and oxygen atoms in total. The van der Waals surface area contributed by atoms with Gasteiger partial charge in [0.05, 0.1) is 12.1 Å². The van der Waals surface area contributed by atoms with Crippen molar-refractivity contribution in [3.63, 3.8) is 0 Å². The van der Waals surface area contributed by atoms with E-state index in [0.717, 1.165) is 28.0 Å². The van der Waals surface area contributed by atoms with Crippen molar-refractivity contribution in [2.24, 2.45) is 7.05 Å². The second kappa shape index (κ2) is 5.76.